The van der Waals surface area contributed by atoms with E-state index in [1.807, 2.05) is 22.9 Å². The third kappa shape index (κ3) is 5.09. The van der Waals surface area contributed by atoms with Gasteiger partial charge in [-0.15, -0.1) is 0 Å². The summed E-state index contributed by atoms with van der Waals surface area (Å²) in [6.07, 6.45) is 6.17. The molecular formula is C22H26N4O4. The molecule has 0 atom stereocenters. The number of nitrogens with one attached hydrogen (secondary N) is 1. The molecule has 3 N–H and O–H groups in total. The van der Waals surface area contributed by atoms with Gasteiger partial charge in [0.15, 0.2) is 11.5 Å². The number of aromatic nitrogens is 2. The molecule has 0 saturated heterocycles. The molecule has 30 heavy (non-hydrogen) atoms. The number of nitrogens with zero attached hydrogens (tertiary/aromatic N) is 2. The van der Waals surface area contributed by atoms with E-state index in [4.69, 9.17) is 19.9 Å². The summed E-state index contributed by atoms with van der Waals surface area (Å²) in [4.78, 5) is 16.6. The van der Waals surface area contributed by atoms with Crippen molar-refractivity contribution in [1.29, 1.82) is 0 Å². The molecule has 158 valence electrons. The van der Waals surface area contributed by atoms with Crippen LogP contribution in [0.4, 0.5) is 0 Å². The number of hydrogen-bond donors (Lipinski definition) is 2. The quantitative estimate of drug-likeness (QED) is 0.499. The number of hydrogen-bond acceptors (Lipinski definition) is 6. The highest BCUT2D eigenvalue weighted by molar-refractivity contribution is 5.94. The van der Waals surface area contributed by atoms with E-state index in [1.165, 1.54) is 0 Å². The van der Waals surface area contributed by atoms with Gasteiger partial charge in [0.2, 0.25) is 0 Å². The van der Waals surface area contributed by atoms with E-state index in [1.54, 1.807) is 51.0 Å². The van der Waals surface area contributed by atoms with E-state index >= 15 is 0 Å². The second-order valence-electron chi connectivity index (χ2n) is 6.52. The molecule has 2 aromatic carbocycles. The van der Waals surface area contributed by atoms with Crippen LogP contribution in [-0.4, -0.2) is 36.2 Å². The second kappa shape index (κ2) is 10.3. The Balaban J connectivity index is 1.71. The van der Waals surface area contributed by atoms with Gasteiger partial charge in [-0.05, 0) is 36.8 Å². The first-order chi connectivity index (χ1) is 14.7. The van der Waals surface area contributed by atoms with E-state index in [9.17, 15) is 4.79 Å². The first-order valence-electron chi connectivity index (χ1n) is 9.62. The number of rotatable bonds is 10. The summed E-state index contributed by atoms with van der Waals surface area (Å²) >= 11 is 0. The van der Waals surface area contributed by atoms with E-state index < -0.39 is 0 Å². The molecule has 1 heterocycles. The monoisotopic (exact) mass is 410 g/mol. The minimum atomic E-state index is -0.183. The molecule has 3 rings (SSSR count). The Bertz CT molecular complexity index is 973. The van der Waals surface area contributed by atoms with Crippen LogP contribution in [-0.2, 0) is 13.1 Å². The molecule has 3 aromatic rings. The van der Waals surface area contributed by atoms with Crippen molar-refractivity contribution < 1.29 is 19.0 Å². The Morgan fingerprint density at radius 2 is 1.90 bits per heavy atom. The van der Waals surface area contributed by atoms with Crippen molar-refractivity contribution in [3.05, 3.63) is 66.2 Å². The van der Waals surface area contributed by atoms with Gasteiger partial charge in [-0.3, -0.25) is 4.79 Å². The van der Waals surface area contributed by atoms with Gasteiger partial charge in [0.25, 0.3) is 5.91 Å². The predicted molar refractivity (Wildman–Crippen MR) is 113 cm³/mol. The highest BCUT2D eigenvalue weighted by Crippen LogP contribution is 2.36. The first kappa shape index (κ1) is 21.2. The molecule has 8 heteroatoms. The number of imidazole rings is 1. The SMILES string of the molecule is COc1ccc(C(=O)NCCCn2ccnc2)cc1Oc1cccc(OC)c1CN. The van der Waals surface area contributed by atoms with Crippen LogP contribution in [0.2, 0.25) is 0 Å². The first-order valence-corrected chi connectivity index (χ1v) is 9.62. The lowest BCUT2D eigenvalue weighted by atomic mass is 10.1. The molecule has 0 aliphatic carbocycles. The van der Waals surface area contributed by atoms with Crippen molar-refractivity contribution in [3.8, 4) is 23.0 Å². The largest absolute Gasteiger partial charge is 0.496 e. The molecule has 0 unspecified atom stereocenters. The van der Waals surface area contributed by atoms with E-state index in [-0.39, 0.29) is 12.5 Å². The fraction of sp³-hybridized carbons (Fsp3) is 0.273. The average Bonchev–Trinajstić information content (AvgIpc) is 3.30. The van der Waals surface area contributed by atoms with Gasteiger partial charge in [-0.2, -0.15) is 0 Å². The molecule has 0 bridgehead atoms. The summed E-state index contributed by atoms with van der Waals surface area (Å²) in [5.41, 5.74) is 7.08. The molecule has 0 fully saturated rings. The number of nitrogens with two attached hydrogens (primary N) is 1. The van der Waals surface area contributed by atoms with Gasteiger partial charge in [-0.1, -0.05) is 6.07 Å². The van der Waals surface area contributed by atoms with Gasteiger partial charge in [-0.25, -0.2) is 4.98 Å². The fourth-order valence-corrected chi connectivity index (χ4v) is 3.03. The van der Waals surface area contributed by atoms with Gasteiger partial charge in [0.05, 0.1) is 26.1 Å². The topological polar surface area (TPSA) is 101 Å². The molecule has 8 nitrogen and oxygen atoms in total. The standard InChI is InChI=1S/C22H26N4O4/c1-28-18-5-3-6-19(17(18)14-23)30-21-13-16(7-8-20(21)29-2)22(27)25-9-4-11-26-12-10-24-15-26/h3,5-8,10,12-13,15H,4,9,11,14,23H2,1-2H3,(H,25,27). The van der Waals surface area contributed by atoms with E-state index in [2.05, 4.69) is 10.3 Å². The zero-order valence-electron chi connectivity index (χ0n) is 17.1. The van der Waals surface area contributed by atoms with Crippen LogP contribution in [0.15, 0.2) is 55.1 Å². The fourth-order valence-electron chi connectivity index (χ4n) is 3.03. The van der Waals surface area contributed by atoms with Crippen LogP contribution in [0.3, 0.4) is 0 Å². The molecule has 1 aromatic heterocycles. The molecule has 0 aliphatic heterocycles. The zero-order chi connectivity index (χ0) is 21.3. The van der Waals surface area contributed by atoms with Crippen molar-refractivity contribution in [2.24, 2.45) is 5.73 Å². The number of benzene rings is 2. The molecule has 0 aliphatic rings. The van der Waals surface area contributed by atoms with Crippen molar-refractivity contribution in [2.75, 3.05) is 20.8 Å². The summed E-state index contributed by atoms with van der Waals surface area (Å²) in [6, 6.07) is 10.5. The Morgan fingerprint density at radius 1 is 1.10 bits per heavy atom. The van der Waals surface area contributed by atoms with Crippen LogP contribution in [0.25, 0.3) is 0 Å². The minimum absolute atomic E-state index is 0.183. The smallest absolute Gasteiger partial charge is 0.251 e. The Kier molecular flexibility index (Phi) is 7.29. The number of amides is 1. The summed E-state index contributed by atoms with van der Waals surface area (Å²) < 4.78 is 18.8. The van der Waals surface area contributed by atoms with Crippen molar-refractivity contribution in [3.63, 3.8) is 0 Å². The lowest BCUT2D eigenvalue weighted by molar-refractivity contribution is 0.0952. The van der Waals surface area contributed by atoms with Crippen LogP contribution in [0.1, 0.15) is 22.3 Å². The zero-order valence-corrected chi connectivity index (χ0v) is 17.1. The van der Waals surface area contributed by atoms with Gasteiger partial charge < -0.3 is 29.8 Å². The molecule has 0 saturated carbocycles. The van der Waals surface area contributed by atoms with Crippen molar-refractivity contribution in [2.45, 2.75) is 19.5 Å². The van der Waals surface area contributed by atoms with Crippen LogP contribution < -0.4 is 25.3 Å². The Hall–Kier alpha value is -3.52. The van der Waals surface area contributed by atoms with Crippen LogP contribution in [0.5, 0.6) is 23.0 Å². The van der Waals surface area contributed by atoms with Gasteiger partial charge in [0.1, 0.15) is 11.5 Å². The maximum Gasteiger partial charge on any atom is 0.251 e. The summed E-state index contributed by atoms with van der Waals surface area (Å²) in [5, 5.41) is 2.92. The minimum Gasteiger partial charge on any atom is -0.496 e. The van der Waals surface area contributed by atoms with Crippen molar-refractivity contribution >= 4 is 5.91 Å². The summed E-state index contributed by atoms with van der Waals surface area (Å²) in [5.74, 6) is 1.94. The number of methoxy groups -OCH3 is 2. The second-order valence-corrected chi connectivity index (χ2v) is 6.52. The van der Waals surface area contributed by atoms with Crippen molar-refractivity contribution in [1.82, 2.24) is 14.9 Å². The maximum atomic E-state index is 12.6. The molecule has 1 amide bonds. The number of carbonyl (C=O) groups excluding carboxylic acids is 1. The van der Waals surface area contributed by atoms with E-state index in [0.717, 1.165) is 18.5 Å². The highest BCUT2D eigenvalue weighted by atomic mass is 16.5. The maximum absolute atomic E-state index is 12.6. The Morgan fingerprint density at radius 3 is 2.60 bits per heavy atom. The predicted octanol–water partition coefficient (Wildman–Crippen LogP) is 2.97. The number of carbonyl (C=O) groups is 1. The highest BCUT2D eigenvalue weighted by Gasteiger charge is 2.15. The Labute approximate surface area is 175 Å². The third-order valence-corrected chi connectivity index (χ3v) is 4.60. The average molecular weight is 410 g/mol. The number of aryl methyl sites for hydroxylation is 1. The third-order valence-electron chi connectivity index (χ3n) is 4.60. The lowest BCUT2D eigenvalue weighted by Crippen LogP contribution is -2.25. The van der Waals surface area contributed by atoms with Gasteiger partial charge >= 0.3 is 0 Å². The summed E-state index contributed by atoms with van der Waals surface area (Å²) in [7, 11) is 3.13. The lowest BCUT2D eigenvalue weighted by Gasteiger charge is -2.16. The molecular weight excluding hydrogens is 384 g/mol. The van der Waals surface area contributed by atoms with Crippen LogP contribution in [0, 0.1) is 0 Å². The van der Waals surface area contributed by atoms with Crippen LogP contribution >= 0.6 is 0 Å². The molecule has 0 spiro atoms. The van der Waals surface area contributed by atoms with E-state index in [0.29, 0.717) is 35.1 Å². The normalized spacial score (nSPS) is 10.5. The number of ether oxygens (including phenoxy) is 3. The molecule has 0 radical (unpaired) electrons. The van der Waals surface area contributed by atoms with Gasteiger partial charge in [0, 0.05) is 37.6 Å². The summed E-state index contributed by atoms with van der Waals surface area (Å²) in [6.45, 7) is 1.58.